The number of nitrogens with one attached hydrogen (secondary N) is 1. The molecule has 2 aliphatic rings. The monoisotopic (exact) mass is 456 g/mol. The van der Waals surface area contributed by atoms with Crippen LogP contribution in [0.2, 0.25) is 0 Å². The number of sulfonamides is 1. The van der Waals surface area contributed by atoms with Crippen molar-refractivity contribution in [2.24, 2.45) is 0 Å². The van der Waals surface area contributed by atoms with Crippen molar-refractivity contribution in [1.29, 1.82) is 0 Å². The summed E-state index contributed by atoms with van der Waals surface area (Å²) in [6.45, 7) is 3.73. The zero-order valence-electron chi connectivity index (χ0n) is 18.1. The largest absolute Gasteiger partial charge is 0.324 e. The number of hydrogen-bond acceptors (Lipinski definition) is 5. The summed E-state index contributed by atoms with van der Waals surface area (Å²) in [6, 6.07) is 16.2. The average molecular weight is 457 g/mol. The predicted molar refractivity (Wildman–Crippen MR) is 124 cm³/mol. The van der Waals surface area contributed by atoms with E-state index in [1.165, 1.54) is 4.31 Å². The second kappa shape index (κ2) is 9.40. The first-order chi connectivity index (χ1) is 15.3. The van der Waals surface area contributed by atoms with Crippen molar-refractivity contribution in [3.63, 3.8) is 0 Å². The molecule has 2 aromatic rings. The molecule has 0 aliphatic carbocycles. The molecule has 1 fully saturated rings. The van der Waals surface area contributed by atoms with Crippen molar-refractivity contribution in [2.45, 2.75) is 25.1 Å². The molecule has 2 aromatic carbocycles. The van der Waals surface area contributed by atoms with Gasteiger partial charge in [-0.25, -0.2) is 8.42 Å². The Morgan fingerprint density at radius 3 is 2.38 bits per heavy atom. The minimum absolute atomic E-state index is 0.0180. The van der Waals surface area contributed by atoms with Gasteiger partial charge in [-0.3, -0.25) is 14.5 Å². The molecule has 2 heterocycles. The molecule has 1 atom stereocenters. The zero-order valence-corrected chi connectivity index (χ0v) is 18.9. The van der Waals surface area contributed by atoms with E-state index in [-0.39, 0.29) is 36.6 Å². The van der Waals surface area contributed by atoms with Crippen LogP contribution in [-0.2, 0) is 25.4 Å². The maximum absolute atomic E-state index is 13.2. The van der Waals surface area contributed by atoms with Gasteiger partial charge in [-0.1, -0.05) is 42.5 Å². The van der Waals surface area contributed by atoms with Crippen molar-refractivity contribution in [3.8, 4) is 0 Å². The van der Waals surface area contributed by atoms with Gasteiger partial charge in [0.25, 0.3) is 0 Å². The van der Waals surface area contributed by atoms with Crippen molar-refractivity contribution in [2.75, 3.05) is 42.9 Å². The Balaban J connectivity index is 1.39. The van der Waals surface area contributed by atoms with E-state index in [1.807, 2.05) is 60.4 Å². The molecule has 8 nitrogen and oxygen atoms in total. The van der Waals surface area contributed by atoms with Gasteiger partial charge in [0.1, 0.15) is 0 Å². The number of benzene rings is 2. The van der Waals surface area contributed by atoms with E-state index < -0.39 is 10.0 Å². The molecule has 4 rings (SSSR count). The van der Waals surface area contributed by atoms with Crippen LogP contribution < -0.4 is 10.2 Å². The van der Waals surface area contributed by atoms with Crippen molar-refractivity contribution >= 4 is 33.2 Å². The number of rotatable bonds is 5. The number of amides is 2. The summed E-state index contributed by atoms with van der Waals surface area (Å²) >= 11 is 0. The molecule has 2 amide bonds. The molecule has 1 N–H and O–H groups in total. The molecule has 0 aromatic heterocycles. The number of nitrogens with zero attached hydrogens (tertiary/aromatic N) is 3. The summed E-state index contributed by atoms with van der Waals surface area (Å²) in [6.07, 6.45) is 0.228. The van der Waals surface area contributed by atoms with Crippen LogP contribution in [0.25, 0.3) is 0 Å². The Hall–Kier alpha value is -2.75. The Labute approximate surface area is 188 Å². The molecule has 2 aliphatic heterocycles. The second-order valence-electron chi connectivity index (χ2n) is 8.30. The number of carbonyl (C=O) groups is 2. The van der Waals surface area contributed by atoms with Crippen molar-refractivity contribution in [3.05, 3.63) is 60.2 Å². The molecular weight excluding hydrogens is 428 g/mol. The summed E-state index contributed by atoms with van der Waals surface area (Å²) in [5.41, 5.74) is 2.09. The van der Waals surface area contributed by atoms with Crippen molar-refractivity contribution in [1.82, 2.24) is 9.21 Å². The van der Waals surface area contributed by atoms with Gasteiger partial charge >= 0.3 is 0 Å². The van der Waals surface area contributed by atoms with Gasteiger partial charge in [0.2, 0.25) is 21.8 Å². The summed E-state index contributed by atoms with van der Waals surface area (Å²) < 4.78 is 27.1. The maximum atomic E-state index is 13.2. The number of carbonyl (C=O) groups excluding carboxylic acids is 2. The van der Waals surface area contributed by atoms with Crippen LogP contribution >= 0.6 is 0 Å². The van der Waals surface area contributed by atoms with E-state index in [0.29, 0.717) is 37.6 Å². The van der Waals surface area contributed by atoms with E-state index in [1.54, 1.807) is 11.0 Å². The lowest BCUT2D eigenvalue weighted by atomic mass is 10.1. The third-order valence-corrected chi connectivity index (χ3v) is 7.75. The van der Waals surface area contributed by atoms with Crippen LogP contribution in [0.3, 0.4) is 0 Å². The number of para-hydroxylation sites is 2. The molecule has 0 bridgehead atoms. The highest BCUT2D eigenvalue weighted by molar-refractivity contribution is 7.88. The zero-order chi connectivity index (χ0) is 22.7. The third-order valence-electron chi connectivity index (χ3n) is 5.90. The van der Waals surface area contributed by atoms with Gasteiger partial charge in [-0.05, 0) is 24.6 Å². The normalized spacial score (nSPS) is 20.3. The van der Waals surface area contributed by atoms with Gasteiger partial charge in [-0.2, -0.15) is 4.31 Å². The van der Waals surface area contributed by atoms with E-state index in [9.17, 15) is 18.0 Å². The lowest BCUT2D eigenvalue weighted by Gasteiger charge is -2.35. The standard InChI is InChI=1S/C23H28N4O4S/c1-18-15-22(28)24-20-9-5-6-10-21(20)27(18)23(29)16-25-11-13-26(14-12-25)32(30,31)17-19-7-3-2-4-8-19/h2-10,18H,11-17H2,1H3,(H,24,28)/t18-/m1/s1. The number of anilines is 2. The SMILES string of the molecule is C[C@@H]1CC(=O)Nc2ccccc2N1C(=O)CN1CCN(S(=O)(=O)Cc2ccccc2)CC1. The fraction of sp³-hybridized carbons (Fsp3) is 0.391. The lowest BCUT2D eigenvalue weighted by molar-refractivity contribution is -0.120. The van der Waals surface area contributed by atoms with E-state index >= 15 is 0 Å². The van der Waals surface area contributed by atoms with Gasteiger partial charge in [0, 0.05) is 38.6 Å². The highest BCUT2D eigenvalue weighted by Gasteiger charge is 2.32. The van der Waals surface area contributed by atoms with Gasteiger partial charge < -0.3 is 10.2 Å². The molecule has 0 spiro atoms. The molecule has 0 unspecified atom stereocenters. The summed E-state index contributed by atoms with van der Waals surface area (Å²) in [7, 11) is -3.40. The Bertz CT molecular complexity index is 1080. The van der Waals surface area contributed by atoms with Crippen LogP contribution in [0.15, 0.2) is 54.6 Å². The van der Waals surface area contributed by atoms with Crippen LogP contribution in [-0.4, -0.2) is 68.2 Å². The molecular formula is C23H28N4O4S. The molecule has 0 saturated carbocycles. The second-order valence-corrected chi connectivity index (χ2v) is 10.3. The third kappa shape index (κ3) is 5.01. The molecule has 1 saturated heterocycles. The van der Waals surface area contributed by atoms with Crippen molar-refractivity contribution < 1.29 is 18.0 Å². The Morgan fingerprint density at radius 1 is 1.00 bits per heavy atom. The predicted octanol–water partition coefficient (Wildman–Crippen LogP) is 1.90. The fourth-order valence-corrected chi connectivity index (χ4v) is 5.79. The molecule has 32 heavy (non-hydrogen) atoms. The van der Waals surface area contributed by atoms with E-state index in [0.717, 1.165) is 5.56 Å². The smallest absolute Gasteiger partial charge is 0.241 e. The first-order valence-corrected chi connectivity index (χ1v) is 12.4. The van der Waals surface area contributed by atoms with E-state index in [4.69, 9.17) is 0 Å². The minimum atomic E-state index is -3.40. The van der Waals surface area contributed by atoms with Crippen LogP contribution in [0.4, 0.5) is 11.4 Å². The highest BCUT2D eigenvalue weighted by atomic mass is 32.2. The molecule has 0 radical (unpaired) electrons. The van der Waals surface area contributed by atoms with Crippen LogP contribution in [0.1, 0.15) is 18.9 Å². The number of piperazine rings is 1. The van der Waals surface area contributed by atoms with Gasteiger partial charge in [-0.15, -0.1) is 0 Å². The number of hydrogen-bond donors (Lipinski definition) is 1. The number of fused-ring (bicyclic) bond motifs is 1. The first kappa shape index (κ1) is 22.4. The van der Waals surface area contributed by atoms with Gasteiger partial charge in [0.15, 0.2) is 0 Å². The molecule has 170 valence electrons. The quantitative estimate of drug-likeness (QED) is 0.742. The Morgan fingerprint density at radius 2 is 1.66 bits per heavy atom. The topological polar surface area (TPSA) is 90.0 Å². The van der Waals surface area contributed by atoms with Crippen LogP contribution in [0.5, 0.6) is 0 Å². The summed E-state index contributed by atoms with van der Waals surface area (Å²) in [4.78, 5) is 29.1. The minimum Gasteiger partial charge on any atom is -0.324 e. The summed E-state index contributed by atoms with van der Waals surface area (Å²) in [5, 5.41) is 2.86. The lowest BCUT2D eigenvalue weighted by Crippen LogP contribution is -2.52. The summed E-state index contributed by atoms with van der Waals surface area (Å²) in [5.74, 6) is -0.227. The van der Waals surface area contributed by atoms with E-state index in [2.05, 4.69) is 5.32 Å². The highest BCUT2D eigenvalue weighted by Crippen LogP contribution is 2.31. The van der Waals surface area contributed by atoms with Crippen LogP contribution in [0, 0.1) is 0 Å². The first-order valence-electron chi connectivity index (χ1n) is 10.8. The van der Waals surface area contributed by atoms with Gasteiger partial charge in [0.05, 0.1) is 23.7 Å². The molecule has 9 heteroatoms. The Kier molecular flexibility index (Phi) is 6.59. The maximum Gasteiger partial charge on any atom is 0.241 e. The fourth-order valence-electron chi connectivity index (χ4n) is 4.28. The average Bonchev–Trinajstić information content (AvgIpc) is 2.88.